The molecule has 3 nitrogen and oxygen atoms in total. The molecule has 0 spiro atoms. The van der Waals surface area contributed by atoms with Crippen molar-refractivity contribution >= 4 is 15.9 Å². The van der Waals surface area contributed by atoms with E-state index in [4.69, 9.17) is 5.73 Å². The Morgan fingerprint density at radius 1 is 1.30 bits per heavy atom. The summed E-state index contributed by atoms with van der Waals surface area (Å²) in [6.07, 6.45) is 5.10. The van der Waals surface area contributed by atoms with E-state index in [1.54, 1.807) is 0 Å². The first-order chi connectivity index (χ1) is 9.48. The van der Waals surface area contributed by atoms with E-state index in [1.165, 1.54) is 5.56 Å². The molecule has 0 aliphatic heterocycles. The number of likely N-dealkylation sites (N-methyl/N-ethyl adjacent to an activating group) is 1. The third-order valence-corrected chi connectivity index (χ3v) is 4.75. The normalized spacial score (nSPS) is 19.4. The number of nitrogens with two attached hydrogens (primary N) is 1. The van der Waals surface area contributed by atoms with Crippen LogP contribution in [-0.4, -0.2) is 35.7 Å². The molecule has 0 aromatic heterocycles. The SMILES string of the molecule is CN(CCC(N)c1ccc(Br)cc1)CC1(O)CCCC1. The second-order valence-electron chi connectivity index (χ2n) is 6.12. The lowest BCUT2D eigenvalue weighted by atomic mass is 10.0. The van der Waals surface area contributed by atoms with Crippen LogP contribution in [0.25, 0.3) is 0 Å². The number of aliphatic hydroxyl groups is 1. The van der Waals surface area contributed by atoms with Crippen LogP contribution in [0.1, 0.15) is 43.7 Å². The summed E-state index contributed by atoms with van der Waals surface area (Å²) in [4.78, 5) is 2.21. The van der Waals surface area contributed by atoms with E-state index in [0.717, 1.165) is 49.7 Å². The van der Waals surface area contributed by atoms with Gasteiger partial charge in [0.15, 0.2) is 0 Å². The van der Waals surface area contributed by atoms with Crippen LogP contribution in [0, 0.1) is 0 Å². The maximum Gasteiger partial charge on any atom is 0.0774 e. The van der Waals surface area contributed by atoms with E-state index in [0.29, 0.717) is 0 Å². The molecule has 0 heterocycles. The van der Waals surface area contributed by atoms with Gasteiger partial charge in [0, 0.05) is 17.1 Å². The molecule has 20 heavy (non-hydrogen) atoms. The van der Waals surface area contributed by atoms with Crippen molar-refractivity contribution in [2.75, 3.05) is 20.1 Å². The van der Waals surface area contributed by atoms with Crippen molar-refractivity contribution in [2.45, 2.75) is 43.7 Å². The molecule has 4 heteroatoms. The fourth-order valence-corrected chi connectivity index (χ4v) is 3.27. The second kappa shape index (κ2) is 7.03. The Balaban J connectivity index is 1.77. The van der Waals surface area contributed by atoms with Gasteiger partial charge in [-0.1, -0.05) is 40.9 Å². The van der Waals surface area contributed by atoms with Crippen molar-refractivity contribution in [3.63, 3.8) is 0 Å². The third-order valence-electron chi connectivity index (χ3n) is 4.22. The van der Waals surface area contributed by atoms with E-state index >= 15 is 0 Å². The summed E-state index contributed by atoms with van der Waals surface area (Å²) in [6, 6.07) is 8.25. The molecule has 1 unspecified atom stereocenters. The molecule has 1 aliphatic rings. The molecule has 1 aromatic rings. The third kappa shape index (κ3) is 4.55. The van der Waals surface area contributed by atoms with E-state index < -0.39 is 5.60 Å². The Morgan fingerprint density at radius 3 is 2.50 bits per heavy atom. The van der Waals surface area contributed by atoms with Gasteiger partial charge in [0.25, 0.3) is 0 Å². The Labute approximate surface area is 130 Å². The lowest BCUT2D eigenvalue weighted by molar-refractivity contribution is 0.0158. The lowest BCUT2D eigenvalue weighted by Gasteiger charge is -2.29. The Morgan fingerprint density at radius 2 is 1.90 bits per heavy atom. The van der Waals surface area contributed by atoms with Gasteiger partial charge < -0.3 is 15.7 Å². The molecule has 0 amide bonds. The van der Waals surface area contributed by atoms with Crippen LogP contribution in [0.3, 0.4) is 0 Å². The quantitative estimate of drug-likeness (QED) is 0.836. The first-order valence-corrected chi connectivity index (χ1v) is 8.20. The second-order valence-corrected chi connectivity index (χ2v) is 7.03. The van der Waals surface area contributed by atoms with Gasteiger partial charge in [0.1, 0.15) is 0 Å². The van der Waals surface area contributed by atoms with Gasteiger partial charge in [-0.25, -0.2) is 0 Å². The zero-order valence-electron chi connectivity index (χ0n) is 12.2. The van der Waals surface area contributed by atoms with Gasteiger partial charge in [-0.05, 0) is 50.6 Å². The lowest BCUT2D eigenvalue weighted by Crippen LogP contribution is -2.40. The minimum Gasteiger partial charge on any atom is -0.389 e. The van der Waals surface area contributed by atoms with E-state index in [1.807, 2.05) is 12.1 Å². The van der Waals surface area contributed by atoms with Gasteiger partial charge in [0.2, 0.25) is 0 Å². The minimum absolute atomic E-state index is 0.0590. The molecule has 1 aliphatic carbocycles. The molecule has 1 aromatic carbocycles. The molecule has 1 fully saturated rings. The van der Waals surface area contributed by atoms with Gasteiger partial charge in [0.05, 0.1) is 5.60 Å². The number of halogens is 1. The van der Waals surface area contributed by atoms with Crippen molar-refractivity contribution in [1.82, 2.24) is 4.90 Å². The van der Waals surface area contributed by atoms with Crippen LogP contribution >= 0.6 is 15.9 Å². The molecule has 0 radical (unpaired) electrons. The summed E-state index contributed by atoms with van der Waals surface area (Å²) >= 11 is 3.43. The van der Waals surface area contributed by atoms with Crippen molar-refractivity contribution in [1.29, 1.82) is 0 Å². The Bertz CT molecular complexity index is 415. The maximum absolute atomic E-state index is 10.4. The van der Waals surface area contributed by atoms with Crippen LogP contribution in [0.4, 0.5) is 0 Å². The molecule has 0 saturated heterocycles. The minimum atomic E-state index is -0.462. The number of nitrogens with zero attached hydrogens (tertiary/aromatic N) is 1. The predicted molar refractivity (Wildman–Crippen MR) is 86.6 cm³/mol. The summed E-state index contributed by atoms with van der Waals surface area (Å²) < 4.78 is 1.08. The van der Waals surface area contributed by atoms with Crippen molar-refractivity contribution in [3.8, 4) is 0 Å². The van der Waals surface area contributed by atoms with Crippen LogP contribution in [0.15, 0.2) is 28.7 Å². The summed E-state index contributed by atoms with van der Waals surface area (Å²) in [5.41, 5.74) is 6.94. The fourth-order valence-electron chi connectivity index (χ4n) is 3.01. The van der Waals surface area contributed by atoms with E-state index in [9.17, 15) is 5.11 Å². The first-order valence-electron chi connectivity index (χ1n) is 7.40. The topological polar surface area (TPSA) is 49.5 Å². The van der Waals surface area contributed by atoms with Gasteiger partial charge in [-0.2, -0.15) is 0 Å². The highest BCUT2D eigenvalue weighted by molar-refractivity contribution is 9.10. The summed E-state index contributed by atoms with van der Waals surface area (Å²) in [5.74, 6) is 0. The zero-order chi connectivity index (χ0) is 14.6. The molecule has 1 saturated carbocycles. The molecule has 1 atom stereocenters. The molecule has 0 bridgehead atoms. The van der Waals surface area contributed by atoms with Crippen LogP contribution in [0.5, 0.6) is 0 Å². The van der Waals surface area contributed by atoms with Crippen molar-refractivity contribution in [3.05, 3.63) is 34.3 Å². The summed E-state index contributed by atoms with van der Waals surface area (Å²) in [6.45, 7) is 1.68. The number of rotatable bonds is 6. The fraction of sp³-hybridized carbons (Fsp3) is 0.625. The largest absolute Gasteiger partial charge is 0.389 e. The molecule has 3 N–H and O–H groups in total. The first kappa shape index (κ1) is 16.0. The highest BCUT2D eigenvalue weighted by Gasteiger charge is 2.32. The Hall–Kier alpha value is -0.420. The average Bonchev–Trinajstić information content (AvgIpc) is 2.83. The maximum atomic E-state index is 10.4. The monoisotopic (exact) mass is 340 g/mol. The van der Waals surface area contributed by atoms with Crippen LogP contribution in [-0.2, 0) is 0 Å². The van der Waals surface area contributed by atoms with Crippen molar-refractivity contribution in [2.24, 2.45) is 5.73 Å². The molecule has 112 valence electrons. The predicted octanol–water partition coefficient (Wildman–Crippen LogP) is 3.08. The van der Waals surface area contributed by atoms with Gasteiger partial charge in [-0.15, -0.1) is 0 Å². The number of hydrogen-bond acceptors (Lipinski definition) is 3. The summed E-state index contributed by atoms with van der Waals surface area (Å²) in [7, 11) is 2.07. The highest BCUT2D eigenvalue weighted by atomic mass is 79.9. The van der Waals surface area contributed by atoms with Crippen LogP contribution in [0.2, 0.25) is 0 Å². The Kier molecular flexibility index (Phi) is 5.61. The van der Waals surface area contributed by atoms with Gasteiger partial charge >= 0.3 is 0 Å². The van der Waals surface area contributed by atoms with E-state index in [-0.39, 0.29) is 6.04 Å². The number of benzene rings is 1. The van der Waals surface area contributed by atoms with Crippen molar-refractivity contribution < 1.29 is 5.11 Å². The number of hydrogen-bond donors (Lipinski definition) is 2. The zero-order valence-corrected chi connectivity index (χ0v) is 13.8. The molecule has 2 rings (SSSR count). The average molecular weight is 341 g/mol. The molecular formula is C16H25BrN2O. The molecular weight excluding hydrogens is 316 g/mol. The smallest absolute Gasteiger partial charge is 0.0774 e. The van der Waals surface area contributed by atoms with E-state index in [2.05, 4.69) is 40.0 Å². The van der Waals surface area contributed by atoms with Gasteiger partial charge in [-0.3, -0.25) is 0 Å². The summed E-state index contributed by atoms with van der Waals surface area (Å²) in [5, 5.41) is 10.4. The van der Waals surface area contributed by atoms with Crippen LogP contribution < -0.4 is 5.73 Å². The standard InChI is InChI=1S/C16H25BrN2O/c1-19(12-16(20)9-2-3-10-16)11-8-15(18)13-4-6-14(17)7-5-13/h4-7,15,20H,2-3,8-12,18H2,1H3. The highest BCUT2D eigenvalue weighted by Crippen LogP contribution is 2.30.